The fraction of sp³-hybridized carbons (Fsp3) is 0.812. The van der Waals surface area contributed by atoms with Crippen LogP contribution in [0.4, 0.5) is 0 Å². The third kappa shape index (κ3) is 4.34. The maximum atomic E-state index is 4.43. The lowest BCUT2D eigenvalue weighted by molar-refractivity contribution is 0.300. The minimum atomic E-state index is 0.503. The third-order valence-electron chi connectivity index (χ3n) is 4.31. The highest BCUT2D eigenvalue weighted by atomic mass is 15.3. The molecule has 1 unspecified atom stereocenters. The summed E-state index contributed by atoms with van der Waals surface area (Å²) in [6.45, 7) is 6.45. The Morgan fingerprint density at radius 1 is 1.32 bits per heavy atom. The highest BCUT2D eigenvalue weighted by Gasteiger charge is 2.20. The van der Waals surface area contributed by atoms with Crippen molar-refractivity contribution in [1.29, 1.82) is 0 Å². The lowest BCUT2D eigenvalue weighted by atomic mass is 9.84. The minimum absolute atomic E-state index is 0.503. The molecule has 2 rings (SSSR count). The summed E-state index contributed by atoms with van der Waals surface area (Å²) in [5.41, 5.74) is 1.38. The second kappa shape index (κ2) is 7.68. The molecule has 1 heterocycles. The summed E-state index contributed by atoms with van der Waals surface area (Å²) in [6.07, 6.45) is 13.9. The average Bonchev–Trinajstić information content (AvgIpc) is 2.93. The molecule has 19 heavy (non-hydrogen) atoms. The third-order valence-corrected chi connectivity index (χ3v) is 4.31. The standard InChI is InChI=1S/C16H29N3/c1-3-10-17-16(11-14-8-6-5-7-9-14)15-12-18-19(4-2)13-15/h12-14,16-17H,3-11H2,1-2H3. The van der Waals surface area contributed by atoms with Gasteiger partial charge < -0.3 is 5.32 Å². The summed E-state index contributed by atoms with van der Waals surface area (Å²) >= 11 is 0. The molecule has 0 aromatic carbocycles. The SMILES string of the molecule is CCCNC(CC1CCCCC1)c1cnn(CC)c1. The average molecular weight is 263 g/mol. The van der Waals surface area contributed by atoms with Gasteiger partial charge in [0.1, 0.15) is 0 Å². The Kier molecular flexibility index (Phi) is 5.90. The summed E-state index contributed by atoms with van der Waals surface area (Å²) in [5.74, 6) is 0.910. The summed E-state index contributed by atoms with van der Waals surface area (Å²) in [7, 11) is 0. The van der Waals surface area contributed by atoms with Crippen molar-refractivity contribution in [1.82, 2.24) is 15.1 Å². The molecule has 1 aromatic heterocycles. The van der Waals surface area contributed by atoms with E-state index in [1.807, 2.05) is 4.68 Å². The van der Waals surface area contributed by atoms with E-state index in [1.54, 1.807) is 0 Å². The molecule has 0 bridgehead atoms. The quantitative estimate of drug-likeness (QED) is 0.808. The summed E-state index contributed by atoms with van der Waals surface area (Å²) in [6, 6.07) is 0.503. The molecule has 1 aliphatic carbocycles. The molecule has 0 spiro atoms. The monoisotopic (exact) mass is 263 g/mol. The van der Waals surface area contributed by atoms with Crippen LogP contribution in [0.1, 0.15) is 70.4 Å². The van der Waals surface area contributed by atoms with E-state index >= 15 is 0 Å². The second-order valence-corrected chi connectivity index (χ2v) is 5.88. The Morgan fingerprint density at radius 2 is 2.11 bits per heavy atom. The molecule has 0 aliphatic heterocycles. The Bertz CT molecular complexity index is 353. The number of aromatic nitrogens is 2. The van der Waals surface area contributed by atoms with Crippen LogP contribution in [0.2, 0.25) is 0 Å². The van der Waals surface area contributed by atoms with Gasteiger partial charge in [0.05, 0.1) is 6.20 Å². The van der Waals surface area contributed by atoms with E-state index in [0.29, 0.717) is 6.04 Å². The van der Waals surface area contributed by atoms with Gasteiger partial charge in [0.25, 0.3) is 0 Å². The van der Waals surface area contributed by atoms with Gasteiger partial charge in [0.2, 0.25) is 0 Å². The van der Waals surface area contributed by atoms with Crippen LogP contribution in [0.25, 0.3) is 0 Å². The Labute approximate surface area is 117 Å². The lowest BCUT2D eigenvalue weighted by Crippen LogP contribution is -2.25. The predicted molar refractivity (Wildman–Crippen MR) is 80.1 cm³/mol. The van der Waals surface area contributed by atoms with Gasteiger partial charge >= 0.3 is 0 Å². The summed E-state index contributed by atoms with van der Waals surface area (Å²) in [4.78, 5) is 0. The van der Waals surface area contributed by atoms with Crippen LogP contribution in [0, 0.1) is 5.92 Å². The first-order chi connectivity index (χ1) is 9.33. The molecular weight excluding hydrogens is 234 g/mol. The number of aryl methyl sites for hydroxylation is 1. The molecule has 1 fully saturated rings. The molecule has 0 saturated heterocycles. The molecular formula is C16H29N3. The molecule has 1 saturated carbocycles. The number of nitrogens with one attached hydrogen (secondary N) is 1. The van der Waals surface area contributed by atoms with Gasteiger partial charge in [-0.05, 0) is 32.2 Å². The molecule has 3 heteroatoms. The van der Waals surface area contributed by atoms with Crippen molar-refractivity contribution in [3.05, 3.63) is 18.0 Å². The first-order valence-corrected chi connectivity index (χ1v) is 8.09. The second-order valence-electron chi connectivity index (χ2n) is 5.88. The van der Waals surface area contributed by atoms with Gasteiger partial charge in [-0.2, -0.15) is 5.10 Å². The summed E-state index contributed by atoms with van der Waals surface area (Å²) in [5, 5.41) is 8.15. The van der Waals surface area contributed by atoms with Crippen LogP contribution in [0.3, 0.4) is 0 Å². The van der Waals surface area contributed by atoms with Crippen molar-refractivity contribution >= 4 is 0 Å². The number of hydrogen-bond acceptors (Lipinski definition) is 2. The van der Waals surface area contributed by atoms with E-state index in [9.17, 15) is 0 Å². The maximum absolute atomic E-state index is 4.43. The van der Waals surface area contributed by atoms with Crippen molar-refractivity contribution < 1.29 is 0 Å². The zero-order valence-electron chi connectivity index (χ0n) is 12.6. The lowest BCUT2D eigenvalue weighted by Gasteiger charge is -2.26. The first-order valence-electron chi connectivity index (χ1n) is 8.09. The van der Waals surface area contributed by atoms with Crippen LogP contribution < -0.4 is 5.32 Å². The van der Waals surface area contributed by atoms with Crippen LogP contribution in [-0.4, -0.2) is 16.3 Å². The van der Waals surface area contributed by atoms with E-state index in [2.05, 4.69) is 36.7 Å². The van der Waals surface area contributed by atoms with E-state index in [0.717, 1.165) is 19.0 Å². The van der Waals surface area contributed by atoms with Crippen molar-refractivity contribution in [2.24, 2.45) is 5.92 Å². The van der Waals surface area contributed by atoms with E-state index in [1.165, 1.54) is 50.5 Å². The fourth-order valence-electron chi connectivity index (χ4n) is 3.14. The Balaban J connectivity index is 1.97. The van der Waals surface area contributed by atoms with Gasteiger partial charge in [-0.15, -0.1) is 0 Å². The fourth-order valence-corrected chi connectivity index (χ4v) is 3.14. The van der Waals surface area contributed by atoms with E-state index in [-0.39, 0.29) is 0 Å². The van der Waals surface area contributed by atoms with Crippen molar-refractivity contribution in [2.45, 2.75) is 71.4 Å². The molecule has 1 aliphatic rings. The van der Waals surface area contributed by atoms with Gasteiger partial charge in [0, 0.05) is 24.3 Å². The first kappa shape index (κ1) is 14.6. The van der Waals surface area contributed by atoms with Crippen LogP contribution in [0.5, 0.6) is 0 Å². The van der Waals surface area contributed by atoms with Gasteiger partial charge in [0.15, 0.2) is 0 Å². The predicted octanol–water partition coefficient (Wildman–Crippen LogP) is 3.91. The van der Waals surface area contributed by atoms with E-state index < -0.39 is 0 Å². The zero-order chi connectivity index (χ0) is 13.5. The molecule has 1 N–H and O–H groups in total. The maximum Gasteiger partial charge on any atom is 0.0537 e. The largest absolute Gasteiger partial charge is 0.310 e. The Hall–Kier alpha value is -0.830. The van der Waals surface area contributed by atoms with Crippen molar-refractivity contribution in [2.75, 3.05) is 6.54 Å². The molecule has 1 aromatic rings. The molecule has 3 nitrogen and oxygen atoms in total. The van der Waals surface area contributed by atoms with Gasteiger partial charge in [-0.3, -0.25) is 4.68 Å². The highest BCUT2D eigenvalue weighted by molar-refractivity contribution is 5.10. The van der Waals surface area contributed by atoms with Crippen LogP contribution >= 0.6 is 0 Å². The van der Waals surface area contributed by atoms with Gasteiger partial charge in [-0.25, -0.2) is 0 Å². The van der Waals surface area contributed by atoms with Crippen LogP contribution in [-0.2, 0) is 6.54 Å². The number of rotatable bonds is 7. The molecule has 108 valence electrons. The smallest absolute Gasteiger partial charge is 0.0537 e. The highest BCUT2D eigenvalue weighted by Crippen LogP contribution is 2.31. The zero-order valence-corrected chi connectivity index (χ0v) is 12.6. The van der Waals surface area contributed by atoms with E-state index in [4.69, 9.17) is 0 Å². The normalized spacial score (nSPS) is 18.6. The van der Waals surface area contributed by atoms with Gasteiger partial charge in [-0.1, -0.05) is 39.0 Å². The van der Waals surface area contributed by atoms with Crippen molar-refractivity contribution in [3.63, 3.8) is 0 Å². The number of hydrogen-bond donors (Lipinski definition) is 1. The molecule has 1 atom stereocenters. The molecule has 0 radical (unpaired) electrons. The Morgan fingerprint density at radius 3 is 2.74 bits per heavy atom. The summed E-state index contributed by atoms with van der Waals surface area (Å²) < 4.78 is 2.04. The topological polar surface area (TPSA) is 29.9 Å². The minimum Gasteiger partial charge on any atom is -0.310 e. The van der Waals surface area contributed by atoms with Crippen molar-refractivity contribution in [3.8, 4) is 0 Å². The molecule has 0 amide bonds. The van der Waals surface area contributed by atoms with Crippen LogP contribution in [0.15, 0.2) is 12.4 Å². The number of nitrogens with zero attached hydrogens (tertiary/aromatic N) is 2.